The van der Waals surface area contributed by atoms with Crippen molar-refractivity contribution in [2.45, 2.75) is 20.8 Å². The molecule has 0 amide bonds. The molecular formula is C23H26N2O. The molecule has 0 spiro atoms. The lowest BCUT2D eigenvalue weighted by molar-refractivity contribution is 0.483. The molecule has 0 bridgehead atoms. The Bertz CT molecular complexity index is 819. The molecule has 0 fully saturated rings. The van der Waals surface area contributed by atoms with Crippen LogP contribution in [0.4, 0.5) is 11.4 Å². The molecule has 3 rings (SSSR count). The summed E-state index contributed by atoms with van der Waals surface area (Å²) in [4.78, 5) is 0. The van der Waals surface area contributed by atoms with Crippen LogP contribution in [-0.4, -0.2) is 13.1 Å². The average molecular weight is 346 g/mol. The zero-order valence-electron chi connectivity index (χ0n) is 15.7. The second-order valence-corrected chi connectivity index (χ2v) is 6.57. The third-order valence-corrected chi connectivity index (χ3v) is 4.27. The Kier molecular flexibility index (Phi) is 5.80. The molecule has 0 saturated carbocycles. The molecule has 0 saturated heterocycles. The first kappa shape index (κ1) is 17.9. The summed E-state index contributed by atoms with van der Waals surface area (Å²) < 4.78 is 5.81. The Hall–Kier alpha value is -2.94. The van der Waals surface area contributed by atoms with Crippen LogP contribution in [0.2, 0.25) is 0 Å². The van der Waals surface area contributed by atoms with Crippen molar-refractivity contribution >= 4 is 11.4 Å². The first-order valence-electron chi connectivity index (χ1n) is 9.00. The fourth-order valence-corrected chi connectivity index (χ4v) is 3.12. The number of benzene rings is 3. The number of para-hydroxylation sites is 1. The number of aryl methyl sites for hydroxylation is 3. The van der Waals surface area contributed by atoms with Gasteiger partial charge in [-0.1, -0.05) is 35.9 Å². The Morgan fingerprint density at radius 2 is 1.27 bits per heavy atom. The molecule has 3 nitrogen and oxygen atoms in total. The van der Waals surface area contributed by atoms with Gasteiger partial charge in [0.15, 0.2) is 0 Å². The minimum atomic E-state index is 0.839. The Balaban J connectivity index is 1.48. The van der Waals surface area contributed by atoms with Crippen LogP contribution in [0.15, 0.2) is 66.7 Å². The fraction of sp³-hybridized carbons (Fsp3) is 0.217. The number of nitrogens with one attached hydrogen (secondary N) is 2. The van der Waals surface area contributed by atoms with Gasteiger partial charge in [-0.3, -0.25) is 0 Å². The molecule has 0 aliphatic heterocycles. The van der Waals surface area contributed by atoms with Crippen LogP contribution in [0.25, 0.3) is 0 Å². The van der Waals surface area contributed by atoms with Crippen molar-refractivity contribution in [3.63, 3.8) is 0 Å². The summed E-state index contributed by atoms with van der Waals surface area (Å²) in [6.07, 6.45) is 0. The van der Waals surface area contributed by atoms with E-state index in [0.717, 1.165) is 30.3 Å². The van der Waals surface area contributed by atoms with E-state index in [-0.39, 0.29) is 0 Å². The van der Waals surface area contributed by atoms with Crippen molar-refractivity contribution in [1.82, 2.24) is 0 Å². The van der Waals surface area contributed by atoms with Gasteiger partial charge >= 0.3 is 0 Å². The average Bonchev–Trinajstić information content (AvgIpc) is 2.62. The van der Waals surface area contributed by atoms with E-state index in [9.17, 15) is 0 Å². The predicted molar refractivity (Wildman–Crippen MR) is 111 cm³/mol. The maximum absolute atomic E-state index is 5.81. The zero-order valence-corrected chi connectivity index (χ0v) is 15.7. The van der Waals surface area contributed by atoms with Gasteiger partial charge in [-0.05, 0) is 68.3 Å². The summed E-state index contributed by atoms with van der Waals surface area (Å²) >= 11 is 0. The number of ether oxygens (including phenoxy) is 1. The van der Waals surface area contributed by atoms with Crippen molar-refractivity contribution in [2.75, 3.05) is 23.7 Å². The molecule has 0 aromatic heterocycles. The molecule has 3 heteroatoms. The highest BCUT2D eigenvalue weighted by molar-refractivity contribution is 5.58. The molecule has 26 heavy (non-hydrogen) atoms. The lowest BCUT2D eigenvalue weighted by Gasteiger charge is -2.14. The van der Waals surface area contributed by atoms with Crippen molar-refractivity contribution < 1.29 is 4.74 Å². The standard InChI is InChI=1S/C23H26N2O/c1-17-15-18(2)23(19(3)16-17)25-14-13-24-20-9-11-22(12-10-20)26-21-7-5-4-6-8-21/h4-12,15-16,24-25H,13-14H2,1-3H3. The first-order chi connectivity index (χ1) is 12.6. The lowest BCUT2D eigenvalue weighted by Crippen LogP contribution is -2.14. The quantitative estimate of drug-likeness (QED) is 0.520. The van der Waals surface area contributed by atoms with Crippen LogP contribution in [0.1, 0.15) is 16.7 Å². The Labute approximate surface area is 156 Å². The van der Waals surface area contributed by atoms with E-state index in [2.05, 4.69) is 43.5 Å². The van der Waals surface area contributed by atoms with E-state index in [0.29, 0.717) is 0 Å². The molecule has 0 unspecified atom stereocenters. The van der Waals surface area contributed by atoms with Gasteiger partial charge in [-0.2, -0.15) is 0 Å². The first-order valence-corrected chi connectivity index (χ1v) is 9.00. The van der Waals surface area contributed by atoms with Crippen LogP contribution in [0.3, 0.4) is 0 Å². The molecule has 0 atom stereocenters. The van der Waals surface area contributed by atoms with E-state index < -0.39 is 0 Å². The second-order valence-electron chi connectivity index (χ2n) is 6.57. The Morgan fingerprint density at radius 3 is 1.92 bits per heavy atom. The summed E-state index contributed by atoms with van der Waals surface area (Å²) in [5.41, 5.74) is 6.23. The fourth-order valence-electron chi connectivity index (χ4n) is 3.12. The van der Waals surface area contributed by atoms with E-state index in [1.54, 1.807) is 0 Å². The highest BCUT2D eigenvalue weighted by Crippen LogP contribution is 2.23. The summed E-state index contributed by atoms with van der Waals surface area (Å²) in [6.45, 7) is 8.16. The predicted octanol–water partition coefficient (Wildman–Crippen LogP) is 5.93. The van der Waals surface area contributed by atoms with Gasteiger partial charge in [0.25, 0.3) is 0 Å². The molecule has 0 aliphatic carbocycles. The van der Waals surface area contributed by atoms with Crippen molar-refractivity contribution in [3.8, 4) is 11.5 Å². The van der Waals surface area contributed by atoms with Gasteiger partial charge in [0.05, 0.1) is 0 Å². The molecule has 134 valence electrons. The van der Waals surface area contributed by atoms with E-state index >= 15 is 0 Å². The molecule has 3 aromatic carbocycles. The summed E-state index contributed by atoms with van der Waals surface area (Å²) in [6, 6.07) is 22.3. The van der Waals surface area contributed by atoms with Crippen molar-refractivity contribution in [3.05, 3.63) is 83.4 Å². The topological polar surface area (TPSA) is 33.3 Å². The van der Waals surface area contributed by atoms with E-state index in [4.69, 9.17) is 4.74 Å². The molecule has 3 aromatic rings. The molecule has 0 radical (unpaired) electrons. The minimum absolute atomic E-state index is 0.839. The third-order valence-electron chi connectivity index (χ3n) is 4.27. The van der Waals surface area contributed by atoms with Gasteiger partial charge in [0, 0.05) is 24.5 Å². The van der Waals surface area contributed by atoms with E-state index in [1.807, 2.05) is 54.6 Å². The third kappa shape index (κ3) is 4.79. The number of hydrogen-bond acceptors (Lipinski definition) is 3. The van der Waals surface area contributed by atoms with Crippen molar-refractivity contribution in [1.29, 1.82) is 0 Å². The van der Waals surface area contributed by atoms with Gasteiger partial charge in [0.2, 0.25) is 0 Å². The largest absolute Gasteiger partial charge is 0.457 e. The zero-order chi connectivity index (χ0) is 18.4. The summed E-state index contributed by atoms with van der Waals surface area (Å²) in [5, 5.41) is 6.97. The second kappa shape index (κ2) is 8.43. The van der Waals surface area contributed by atoms with Gasteiger partial charge < -0.3 is 15.4 Å². The Morgan fingerprint density at radius 1 is 0.692 bits per heavy atom. The molecule has 2 N–H and O–H groups in total. The smallest absolute Gasteiger partial charge is 0.127 e. The number of hydrogen-bond donors (Lipinski definition) is 2. The maximum Gasteiger partial charge on any atom is 0.127 e. The van der Waals surface area contributed by atoms with Crippen LogP contribution >= 0.6 is 0 Å². The molecule has 0 aliphatic rings. The van der Waals surface area contributed by atoms with Crippen LogP contribution in [0, 0.1) is 20.8 Å². The van der Waals surface area contributed by atoms with Crippen LogP contribution in [-0.2, 0) is 0 Å². The highest BCUT2D eigenvalue weighted by atomic mass is 16.5. The number of rotatable bonds is 7. The SMILES string of the molecule is Cc1cc(C)c(NCCNc2ccc(Oc3ccccc3)cc2)c(C)c1. The molecule has 0 heterocycles. The van der Waals surface area contributed by atoms with Gasteiger partial charge in [0.1, 0.15) is 11.5 Å². The minimum Gasteiger partial charge on any atom is -0.457 e. The monoisotopic (exact) mass is 346 g/mol. The highest BCUT2D eigenvalue weighted by Gasteiger charge is 2.03. The lowest BCUT2D eigenvalue weighted by atomic mass is 10.1. The summed E-state index contributed by atoms with van der Waals surface area (Å²) in [7, 11) is 0. The maximum atomic E-state index is 5.81. The van der Waals surface area contributed by atoms with Crippen molar-refractivity contribution in [2.24, 2.45) is 0 Å². The van der Waals surface area contributed by atoms with Crippen LogP contribution < -0.4 is 15.4 Å². The summed E-state index contributed by atoms with van der Waals surface area (Å²) in [5.74, 6) is 1.69. The van der Waals surface area contributed by atoms with E-state index in [1.165, 1.54) is 22.4 Å². The van der Waals surface area contributed by atoms with Gasteiger partial charge in [-0.15, -0.1) is 0 Å². The van der Waals surface area contributed by atoms with Gasteiger partial charge in [-0.25, -0.2) is 0 Å². The molecular weight excluding hydrogens is 320 g/mol. The van der Waals surface area contributed by atoms with Crippen LogP contribution in [0.5, 0.6) is 11.5 Å². The number of anilines is 2. The normalized spacial score (nSPS) is 10.4.